The highest BCUT2D eigenvalue weighted by molar-refractivity contribution is 6.32. The maximum absolute atomic E-state index is 8.75. The SMILES string of the molecule is CC1CC=C(Cl)C2=C1OC=C(C#N)C2. The third kappa shape index (κ3) is 1.44. The molecular weight excluding hydrogens is 198 g/mol. The quantitative estimate of drug-likeness (QED) is 0.611. The molecule has 0 N–H and O–H groups in total. The first-order valence-electron chi connectivity index (χ1n) is 4.57. The molecule has 0 aromatic carbocycles. The molecule has 72 valence electrons. The topological polar surface area (TPSA) is 33.0 Å². The summed E-state index contributed by atoms with van der Waals surface area (Å²) in [6.07, 6.45) is 5.04. The number of nitriles is 1. The zero-order valence-electron chi connectivity index (χ0n) is 7.88. The smallest absolute Gasteiger partial charge is 0.111 e. The molecule has 1 aliphatic carbocycles. The lowest BCUT2D eigenvalue weighted by Gasteiger charge is -2.25. The first-order valence-corrected chi connectivity index (χ1v) is 4.95. The zero-order valence-corrected chi connectivity index (χ0v) is 8.64. The van der Waals surface area contributed by atoms with Gasteiger partial charge in [-0.3, -0.25) is 0 Å². The summed E-state index contributed by atoms with van der Waals surface area (Å²) >= 11 is 6.06. The average Bonchev–Trinajstić information content (AvgIpc) is 2.23. The molecule has 2 nitrogen and oxygen atoms in total. The molecule has 0 aromatic rings. The first kappa shape index (κ1) is 9.36. The van der Waals surface area contributed by atoms with Gasteiger partial charge in [-0.1, -0.05) is 24.6 Å². The van der Waals surface area contributed by atoms with Gasteiger partial charge in [0, 0.05) is 22.9 Å². The molecule has 3 heteroatoms. The molecular formula is C11H10ClNO. The zero-order chi connectivity index (χ0) is 10.1. The van der Waals surface area contributed by atoms with E-state index >= 15 is 0 Å². The molecule has 0 saturated carbocycles. The maximum atomic E-state index is 8.75. The Morgan fingerprint density at radius 3 is 3.14 bits per heavy atom. The van der Waals surface area contributed by atoms with E-state index in [2.05, 4.69) is 13.0 Å². The van der Waals surface area contributed by atoms with Crippen molar-refractivity contribution in [2.24, 2.45) is 5.92 Å². The van der Waals surface area contributed by atoms with Crippen molar-refractivity contribution in [2.75, 3.05) is 0 Å². The van der Waals surface area contributed by atoms with E-state index in [1.165, 1.54) is 6.26 Å². The Kier molecular flexibility index (Phi) is 2.35. The van der Waals surface area contributed by atoms with Crippen LogP contribution in [0.5, 0.6) is 0 Å². The number of nitrogens with zero attached hydrogens (tertiary/aromatic N) is 1. The Balaban J connectivity index is 2.33. The summed E-state index contributed by atoms with van der Waals surface area (Å²) in [5, 5.41) is 9.49. The number of allylic oxidation sites excluding steroid dienone is 5. The molecule has 2 aliphatic rings. The highest BCUT2D eigenvalue weighted by atomic mass is 35.5. The second-order valence-electron chi connectivity index (χ2n) is 3.58. The lowest BCUT2D eigenvalue weighted by atomic mass is 9.91. The van der Waals surface area contributed by atoms with E-state index < -0.39 is 0 Å². The largest absolute Gasteiger partial charge is 0.468 e. The van der Waals surface area contributed by atoms with E-state index in [0.717, 1.165) is 22.8 Å². The fourth-order valence-electron chi connectivity index (χ4n) is 1.72. The van der Waals surface area contributed by atoms with Gasteiger partial charge in [0.15, 0.2) is 0 Å². The van der Waals surface area contributed by atoms with Gasteiger partial charge in [-0.05, 0) is 6.42 Å². The van der Waals surface area contributed by atoms with Crippen LogP contribution in [0.15, 0.2) is 34.3 Å². The number of rotatable bonds is 0. The Morgan fingerprint density at radius 1 is 1.64 bits per heavy atom. The Bertz CT molecular complexity index is 398. The van der Waals surface area contributed by atoms with E-state index in [-0.39, 0.29) is 0 Å². The minimum absolute atomic E-state index is 0.365. The van der Waals surface area contributed by atoms with Crippen LogP contribution < -0.4 is 0 Å². The van der Waals surface area contributed by atoms with Crippen LogP contribution in [0.25, 0.3) is 0 Å². The minimum atomic E-state index is 0.365. The van der Waals surface area contributed by atoms with Gasteiger partial charge in [-0.15, -0.1) is 0 Å². The van der Waals surface area contributed by atoms with Crippen molar-refractivity contribution in [1.82, 2.24) is 0 Å². The molecule has 0 spiro atoms. The summed E-state index contributed by atoms with van der Waals surface area (Å²) in [6, 6.07) is 2.09. The van der Waals surface area contributed by atoms with E-state index in [1.807, 2.05) is 6.08 Å². The summed E-state index contributed by atoms with van der Waals surface area (Å²) < 4.78 is 5.44. The van der Waals surface area contributed by atoms with E-state index in [9.17, 15) is 0 Å². The van der Waals surface area contributed by atoms with Gasteiger partial charge >= 0.3 is 0 Å². The van der Waals surface area contributed by atoms with Crippen molar-refractivity contribution in [2.45, 2.75) is 19.8 Å². The van der Waals surface area contributed by atoms with Crippen molar-refractivity contribution < 1.29 is 4.74 Å². The molecule has 0 amide bonds. The van der Waals surface area contributed by atoms with Crippen molar-refractivity contribution in [3.8, 4) is 6.07 Å². The van der Waals surface area contributed by atoms with Gasteiger partial charge in [0.1, 0.15) is 12.0 Å². The van der Waals surface area contributed by atoms with Crippen LogP contribution in [0.2, 0.25) is 0 Å². The summed E-state index contributed by atoms with van der Waals surface area (Å²) in [4.78, 5) is 0. The van der Waals surface area contributed by atoms with Gasteiger partial charge < -0.3 is 4.74 Å². The van der Waals surface area contributed by atoms with Gasteiger partial charge in [0.05, 0.1) is 11.6 Å². The number of hydrogen-bond acceptors (Lipinski definition) is 2. The monoisotopic (exact) mass is 207 g/mol. The highest BCUT2D eigenvalue weighted by Crippen LogP contribution is 2.38. The molecule has 0 radical (unpaired) electrons. The minimum Gasteiger partial charge on any atom is -0.468 e. The fraction of sp³-hybridized carbons (Fsp3) is 0.364. The molecule has 0 fully saturated rings. The summed E-state index contributed by atoms with van der Waals surface area (Å²) in [5.74, 6) is 1.29. The van der Waals surface area contributed by atoms with Crippen molar-refractivity contribution >= 4 is 11.6 Å². The Labute approximate surface area is 88.1 Å². The van der Waals surface area contributed by atoms with E-state index in [4.69, 9.17) is 21.6 Å². The normalized spacial score (nSPS) is 25.6. The Morgan fingerprint density at radius 2 is 2.43 bits per heavy atom. The van der Waals surface area contributed by atoms with Crippen LogP contribution in [-0.4, -0.2) is 0 Å². The van der Waals surface area contributed by atoms with Gasteiger partial charge in [-0.25, -0.2) is 0 Å². The number of ether oxygens (including phenoxy) is 1. The molecule has 1 aliphatic heterocycles. The lowest BCUT2D eigenvalue weighted by Crippen LogP contribution is -2.12. The second-order valence-corrected chi connectivity index (χ2v) is 3.99. The van der Waals surface area contributed by atoms with Crippen molar-refractivity contribution in [3.63, 3.8) is 0 Å². The van der Waals surface area contributed by atoms with Crippen LogP contribution in [0, 0.1) is 17.2 Å². The molecule has 14 heavy (non-hydrogen) atoms. The van der Waals surface area contributed by atoms with Crippen LogP contribution >= 0.6 is 11.6 Å². The maximum Gasteiger partial charge on any atom is 0.111 e. The van der Waals surface area contributed by atoms with Gasteiger partial charge in [0.25, 0.3) is 0 Å². The predicted octanol–water partition coefficient (Wildman–Crippen LogP) is 3.23. The molecule has 1 unspecified atom stereocenters. The molecule has 0 bridgehead atoms. The second kappa shape index (κ2) is 3.51. The third-order valence-electron chi connectivity index (χ3n) is 2.52. The molecule has 2 rings (SSSR count). The molecule has 0 saturated heterocycles. The molecule has 0 aromatic heterocycles. The highest BCUT2D eigenvalue weighted by Gasteiger charge is 2.25. The van der Waals surface area contributed by atoms with Gasteiger partial charge in [0.2, 0.25) is 0 Å². The van der Waals surface area contributed by atoms with E-state index in [0.29, 0.717) is 17.9 Å². The van der Waals surface area contributed by atoms with Crippen molar-refractivity contribution in [3.05, 3.63) is 34.3 Å². The van der Waals surface area contributed by atoms with Crippen LogP contribution in [-0.2, 0) is 4.74 Å². The third-order valence-corrected chi connectivity index (χ3v) is 2.91. The lowest BCUT2D eigenvalue weighted by molar-refractivity contribution is 0.279. The van der Waals surface area contributed by atoms with Gasteiger partial charge in [-0.2, -0.15) is 5.26 Å². The molecule has 1 heterocycles. The predicted molar refractivity (Wildman–Crippen MR) is 54.1 cm³/mol. The van der Waals surface area contributed by atoms with E-state index in [1.54, 1.807) is 0 Å². The standard InChI is InChI=1S/C11H10ClNO/c1-7-2-3-10(12)9-4-8(5-13)6-14-11(7)9/h3,6-7H,2,4H2,1H3. The number of halogens is 1. The first-order chi connectivity index (χ1) is 6.72. The fourth-order valence-corrected chi connectivity index (χ4v) is 1.97. The van der Waals surface area contributed by atoms with Crippen LogP contribution in [0.3, 0.4) is 0 Å². The Hall–Kier alpha value is -1.20. The number of hydrogen-bond donors (Lipinski definition) is 0. The summed E-state index contributed by atoms with van der Waals surface area (Å²) in [5.41, 5.74) is 1.61. The summed E-state index contributed by atoms with van der Waals surface area (Å²) in [6.45, 7) is 2.10. The average molecular weight is 208 g/mol. The van der Waals surface area contributed by atoms with Crippen LogP contribution in [0.4, 0.5) is 0 Å². The van der Waals surface area contributed by atoms with Crippen LogP contribution in [0.1, 0.15) is 19.8 Å². The summed E-state index contributed by atoms with van der Waals surface area (Å²) in [7, 11) is 0. The molecule has 1 atom stereocenters. The van der Waals surface area contributed by atoms with Crippen molar-refractivity contribution in [1.29, 1.82) is 5.26 Å².